The molecule has 0 fully saturated rings. The summed E-state index contributed by atoms with van der Waals surface area (Å²) in [6.45, 7) is 0.210. The molecule has 2 rings (SSSR count). The zero-order valence-electron chi connectivity index (χ0n) is 10.7. The van der Waals surface area contributed by atoms with Gasteiger partial charge in [0.2, 0.25) is 10.0 Å². The van der Waals surface area contributed by atoms with Gasteiger partial charge in [0, 0.05) is 6.54 Å². The Morgan fingerprint density at radius 3 is 2.30 bits per heavy atom. The average Bonchev–Trinajstić information content (AvgIpc) is 2.44. The van der Waals surface area contributed by atoms with E-state index in [1.807, 2.05) is 0 Å². The van der Waals surface area contributed by atoms with Crippen molar-refractivity contribution in [2.75, 3.05) is 6.54 Å². The highest BCUT2D eigenvalue weighted by atomic mass is 32.2. The van der Waals surface area contributed by atoms with Crippen molar-refractivity contribution in [2.24, 2.45) is 0 Å². The van der Waals surface area contributed by atoms with E-state index in [0.29, 0.717) is 6.42 Å². The molecule has 0 amide bonds. The van der Waals surface area contributed by atoms with Crippen LogP contribution >= 0.6 is 0 Å². The first-order chi connectivity index (χ1) is 9.49. The molecule has 2 aromatic rings. The van der Waals surface area contributed by atoms with Crippen LogP contribution in [-0.4, -0.2) is 25.2 Å². The Bertz CT molecular complexity index is 684. The minimum atomic E-state index is -3.51. The van der Waals surface area contributed by atoms with Crippen molar-refractivity contribution in [1.29, 1.82) is 0 Å². The lowest BCUT2D eigenvalue weighted by molar-refractivity contribution is 0.403. The van der Waals surface area contributed by atoms with E-state index in [4.69, 9.17) is 0 Å². The Balaban J connectivity index is 1.97. The van der Waals surface area contributed by atoms with E-state index >= 15 is 0 Å². The molecule has 2 aromatic carbocycles. The van der Waals surface area contributed by atoms with Gasteiger partial charge in [-0.15, -0.1) is 0 Å². The normalized spacial score (nSPS) is 11.4. The highest BCUT2D eigenvalue weighted by molar-refractivity contribution is 7.89. The molecule has 0 aliphatic heterocycles. The monoisotopic (exact) mass is 293 g/mol. The van der Waals surface area contributed by atoms with Crippen LogP contribution in [0.2, 0.25) is 0 Å². The number of hydrogen-bond donors (Lipinski definition) is 3. The number of benzene rings is 2. The van der Waals surface area contributed by atoms with Crippen molar-refractivity contribution in [1.82, 2.24) is 4.72 Å². The third-order valence-electron chi connectivity index (χ3n) is 2.80. The predicted molar refractivity (Wildman–Crippen MR) is 75.1 cm³/mol. The summed E-state index contributed by atoms with van der Waals surface area (Å²) in [5.41, 5.74) is 0.732. The fourth-order valence-corrected chi connectivity index (χ4v) is 2.79. The molecule has 0 atom stereocenters. The highest BCUT2D eigenvalue weighted by Gasteiger charge is 2.12. The second kappa shape index (κ2) is 5.94. The molecular weight excluding hydrogens is 278 g/mol. The van der Waals surface area contributed by atoms with Crippen LogP contribution in [0.4, 0.5) is 0 Å². The fraction of sp³-hybridized carbons (Fsp3) is 0.143. The number of nitrogens with one attached hydrogen (secondary N) is 1. The van der Waals surface area contributed by atoms with Gasteiger partial charge in [0.05, 0.1) is 4.90 Å². The second-order valence-corrected chi connectivity index (χ2v) is 6.05. The van der Waals surface area contributed by atoms with Gasteiger partial charge in [-0.05, 0) is 36.2 Å². The maximum absolute atomic E-state index is 11.9. The summed E-state index contributed by atoms with van der Waals surface area (Å²) in [4.78, 5) is 0.216. The molecule has 0 spiro atoms. The molecule has 0 saturated heterocycles. The van der Waals surface area contributed by atoms with E-state index in [1.165, 1.54) is 24.3 Å². The summed E-state index contributed by atoms with van der Waals surface area (Å²) in [5, 5.41) is 18.5. The van der Waals surface area contributed by atoms with Gasteiger partial charge in [0.25, 0.3) is 0 Å². The summed E-state index contributed by atoms with van der Waals surface area (Å²) >= 11 is 0. The van der Waals surface area contributed by atoms with Crippen LogP contribution in [0.3, 0.4) is 0 Å². The zero-order chi connectivity index (χ0) is 14.6. The standard InChI is InChI=1S/C14H15NO4S/c16-13-7-6-11(10-14(13)17)8-9-15-20(18,19)12-4-2-1-3-5-12/h1-7,10,15-17H,8-9H2. The van der Waals surface area contributed by atoms with Gasteiger partial charge in [0.15, 0.2) is 11.5 Å². The Hall–Kier alpha value is -2.05. The first-order valence-corrected chi connectivity index (χ1v) is 7.53. The van der Waals surface area contributed by atoms with Crippen molar-refractivity contribution in [3.05, 3.63) is 54.1 Å². The number of sulfonamides is 1. The molecule has 0 aliphatic rings. The van der Waals surface area contributed by atoms with Gasteiger partial charge < -0.3 is 10.2 Å². The molecule has 0 aliphatic carbocycles. The van der Waals surface area contributed by atoms with E-state index in [2.05, 4.69) is 4.72 Å². The summed E-state index contributed by atoms with van der Waals surface area (Å²) in [6.07, 6.45) is 0.417. The van der Waals surface area contributed by atoms with E-state index in [0.717, 1.165) is 5.56 Å². The molecular formula is C14H15NO4S. The van der Waals surface area contributed by atoms with Crippen LogP contribution in [0.15, 0.2) is 53.4 Å². The molecule has 0 aromatic heterocycles. The number of phenols is 2. The summed E-state index contributed by atoms with van der Waals surface area (Å²) in [6, 6.07) is 12.5. The lowest BCUT2D eigenvalue weighted by Gasteiger charge is -2.07. The van der Waals surface area contributed by atoms with Crippen molar-refractivity contribution in [3.8, 4) is 11.5 Å². The molecule has 3 N–H and O–H groups in total. The number of aromatic hydroxyl groups is 2. The maximum atomic E-state index is 11.9. The average molecular weight is 293 g/mol. The predicted octanol–water partition coefficient (Wildman–Crippen LogP) is 1.62. The van der Waals surface area contributed by atoms with Crippen LogP contribution in [-0.2, 0) is 16.4 Å². The van der Waals surface area contributed by atoms with E-state index in [-0.39, 0.29) is 22.9 Å². The number of rotatable bonds is 5. The quantitative estimate of drug-likeness (QED) is 0.731. The van der Waals surface area contributed by atoms with Gasteiger partial charge in [-0.3, -0.25) is 0 Å². The van der Waals surface area contributed by atoms with Crippen molar-refractivity contribution in [3.63, 3.8) is 0 Å². The van der Waals surface area contributed by atoms with Crippen LogP contribution in [0.25, 0.3) is 0 Å². The van der Waals surface area contributed by atoms with Gasteiger partial charge in [-0.2, -0.15) is 0 Å². The molecule has 106 valence electrons. The number of hydrogen-bond acceptors (Lipinski definition) is 4. The largest absolute Gasteiger partial charge is 0.504 e. The molecule has 0 saturated carbocycles. The first-order valence-electron chi connectivity index (χ1n) is 6.04. The van der Waals surface area contributed by atoms with E-state index in [1.54, 1.807) is 24.3 Å². The Kier molecular flexibility index (Phi) is 4.26. The van der Waals surface area contributed by atoms with Crippen molar-refractivity contribution >= 4 is 10.0 Å². The lowest BCUT2D eigenvalue weighted by atomic mass is 10.1. The molecule has 5 nitrogen and oxygen atoms in total. The second-order valence-electron chi connectivity index (χ2n) is 4.28. The first kappa shape index (κ1) is 14.4. The van der Waals surface area contributed by atoms with E-state index in [9.17, 15) is 18.6 Å². The van der Waals surface area contributed by atoms with Crippen molar-refractivity contribution < 1.29 is 18.6 Å². The molecule has 20 heavy (non-hydrogen) atoms. The minimum Gasteiger partial charge on any atom is -0.504 e. The highest BCUT2D eigenvalue weighted by Crippen LogP contribution is 2.24. The van der Waals surface area contributed by atoms with Gasteiger partial charge in [0.1, 0.15) is 0 Å². The third-order valence-corrected chi connectivity index (χ3v) is 4.28. The fourth-order valence-electron chi connectivity index (χ4n) is 1.74. The number of phenolic OH excluding ortho intramolecular Hbond substituents is 2. The third kappa shape index (κ3) is 3.49. The van der Waals surface area contributed by atoms with Crippen LogP contribution < -0.4 is 4.72 Å². The van der Waals surface area contributed by atoms with Crippen molar-refractivity contribution in [2.45, 2.75) is 11.3 Å². The summed E-state index contributed by atoms with van der Waals surface area (Å²) < 4.78 is 26.4. The SMILES string of the molecule is O=S(=O)(NCCc1ccc(O)c(O)c1)c1ccccc1. The van der Waals surface area contributed by atoms with Gasteiger partial charge in [-0.1, -0.05) is 24.3 Å². The molecule has 0 radical (unpaired) electrons. The topological polar surface area (TPSA) is 86.6 Å². The Labute approximate surface area is 117 Å². The molecule has 0 heterocycles. The smallest absolute Gasteiger partial charge is 0.240 e. The molecule has 0 bridgehead atoms. The minimum absolute atomic E-state index is 0.196. The maximum Gasteiger partial charge on any atom is 0.240 e. The van der Waals surface area contributed by atoms with Gasteiger partial charge >= 0.3 is 0 Å². The van der Waals surface area contributed by atoms with Gasteiger partial charge in [-0.25, -0.2) is 13.1 Å². The molecule has 6 heteroatoms. The van der Waals surface area contributed by atoms with Crippen LogP contribution in [0.5, 0.6) is 11.5 Å². The zero-order valence-corrected chi connectivity index (χ0v) is 11.5. The molecule has 0 unspecified atom stereocenters. The Morgan fingerprint density at radius 2 is 1.65 bits per heavy atom. The van der Waals surface area contributed by atoms with Crippen LogP contribution in [0, 0.1) is 0 Å². The van der Waals surface area contributed by atoms with Crippen LogP contribution in [0.1, 0.15) is 5.56 Å². The summed E-state index contributed by atoms with van der Waals surface area (Å²) in [5.74, 6) is -0.410. The Morgan fingerprint density at radius 1 is 0.950 bits per heavy atom. The lowest BCUT2D eigenvalue weighted by Crippen LogP contribution is -2.25. The summed E-state index contributed by atoms with van der Waals surface area (Å²) in [7, 11) is -3.51. The van der Waals surface area contributed by atoms with E-state index < -0.39 is 10.0 Å².